The van der Waals surface area contributed by atoms with Gasteiger partial charge in [0.1, 0.15) is 25.5 Å². The van der Waals surface area contributed by atoms with Gasteiger partial charge in [-0.05, 0) is 25.1 Å². The number of rotatable bonds is 4. The highest BCUT2D eigenvalue weighted by molar-refractivity contribution is 9.10. The summed E-state index contributed by atoms with van der Waals surface area (Å²) in [5.41, 5.74) is 1.45. The van der Waals surface area contributed by atoms with Gasteiger partial charge in [-0.3, -0.25) is 4.79 Å². The molecule has 23 heavy (non-hydrogen) atoms. The number of Topliss-reactive ketones (excluding diaryl/α,β-unsaturated/α-hetero) is 1. The van der Waals surface area contributed by atoms with Crippen LogP contribution in [0.3, 0.4) is 0 Å². The van der Waals surface area contributed by atoms with Crippen molar-refractivity contribution < 1.29 is 23.8 Å². The van der Waals surface area contributed by atoms with Crippen LogP contribution in [0.2, 0.25) is 0 Å². The van der Waals surface area contributed by atoms with Gasteiger partial charge in [0.25, 0.3) is 0 Å². The Morgan fingerprint density at radius 1 is 1.22 bits per heavy atom. The number of ketones is 1. The van der Waals surface area contributed by atoms with Crippen molar-refractivity contribution in [3.8, 4) is 11.5 Å². The molecule has 1 N–H and O–H groups in total. The summed E-state index contributed by atoms with van der Waals surface area (Å²) in [5, 5.41) is 0. The maximum atomic E-state index is 12.0. The highest BCUT2D eigenvalue weighted by Crippen LogP contribution is 2.35. The Balaban J connectivity index is 1.70. The van der Waals surface area contributed by atoms with Crippen LogP contribution in [-0.4, -0.2) is 30.0 Å². The Hall–Kier alpha value is -2.28. The Morgan fingerprint density at radius 2 is 1.91 bits per heavy atom. The topological polar surface area (TPSA) is 77.6 Å². The summed E-state index contributed by atoms with van der Waals surface area (Å²) < 4.78 is 17.0. The van der Waals surface area contributed by atoms with Crippen LogP contribution in [0.4, 0.5) is 0 Å². The average molecular weight is 380 g/mol. The summed E-state index contributed by atoms with van der Waals surface area (Å²) in [6.07, 6.45) is 1.49. The van der Waals surface area contributed by atoms with E-state index >= 15 is 0 Å². The highest BCUT2D eigenvalue weighted by Gasteiger charge is 2.17. The van der Waals surface area contributed by atoms with Crippen molar-refractivity contribution in [2.45, 2.75) is 13.5 Å². The first-order valence-corrected chi connectivity index (χ1v) is 7.78. The normalized spacial score (nSPS) is 12.8. The van der Waals surface area contributed by atoms with Gasteiger partial charge in [0, 0.05) is 21.8 Å². The lowest BCUT2D eigenvalue weighted by atomic mass is 10.2. The minimum absolute atomic E-state index is 0.0739. The minimum Gasteiger partial charge on any atom is -0.486 e. The molecule has 0 amide bonds. The van der Waals surface area contributed by atoms with E-state index in [-0.39, 0.29) is 18.1 Å². The van der Waals surface area contributed by atoms with Gasteiger partial charge < -0.3 is 19.2 Å². The van der Waals surface area contributed by atoms with E-state index in [0.29, 0.717) is 30.3 Å². The summed E-state index contributed by atoms with van der Waals surface area (Å²) >= 11 is 3.43. The summed E-state index contributed by atoms with van der Waals surface area (Å²) in [6.45, 7) is 2.51. The number of aromatic nitrogens is 1. The molecule has 0 saturated carbocycles. The molecular weight excluding hydrogens is 366 g/mol. The molecule has 0 radical (unpaired) electrons. The van der Waals surface area contributed by atoms with Gasteiger partial charge >= 0.3 is 5.97 Å². The molecule has 1 aliphatic heterocycles. The van der Waals surface area contributed by atoms with Crippen LogP contribution in [0, 0.1) is 0 Å². The van der Waals surface area contributed by atoms with Gasteiger partial charge in [0.05, 0.1) is 0 Å². The van der Waals surface area contributed by atoms with E-state index in [1.807, 2.05) is 0 Å². The molecule has 2 aromatic rings. The number of halogens is 1. The quantitative estimate of drug-likeness (QED) is 0.652. The Morgan fingerprint density at radius 3 is 2.57 bits per heavy atom. The van der Waals surface area contributed by atoms with Crippen molar-refractivity contribution in [1.29, 1.82) is 0 Å². The number of fused-ring (bicyclic) bond motifs is 1. The van der Waals surface area contributed by atoms with E-state index in [2.05, 4.69) is 20.9 Å². The van der Waals surface area contributed by atoms with E-state index in [1.165, 1.54) is 19.2 Å². The number of ether oxygens (including phenoxy) is 3. The number of hydrogen-bond acceptors (Lipinski definition) is 5. The maximum absolute atomic E-state index is 12.0. The molecule has 0 spiro atoms. The number of nitrogens with one attached hydrogen (secondary N) is 1. The van der Waals surface area contributed by atoms with Crippen LogP contribution >= 0.6 is 15.9 Å². The SMILES string of the molecule is CC(=O)c1c[nH]c(C(=O)OCc2cc3c(cc2Br)OCCO3)c1. The summed E-state index contributed by atoms with van der Waals surface area (Å²) in [7, 11) is 0. The first-order chi connectivity index (χ1) is 11.0. The van der Waals surface area contributed by atoms with E-state index in [4.69, 9.17) is 14.2 Å². The fraction of sp³-hybridized carbons (Fsp3) is 0.250. The van der Waals surface area contributed by atoms with E-state index in [0.717, 1.165) is 10.0 Å². The Bertz CT molecular complexity index is 768. The second-order valence-electron chi connectivity index (χ2n) is 5.02. The third-order valence-corrected chi connectivity index (χ3v) is 4.12. The molecule has 120 valence electrons. The van der Waals surface area contributed by atoms with E-state index in [1.54, 1.807) is 12.1 Å². The number of carbonyl (C=O) groups is 2. The zero-order valence-electron chi connectivity index (χ0n) is 12.3. The standard InChI is InChI=1S/C16H14BrNO5/c1-9(19)10-4-13(18-7-10)16(20)23-8-11-5-14-15(6-12(11)17)22-3-2-21-14/h4-7,18H,2-3,8H2,1H3. The molecule has 0 saturated heterocycles. The third-order valence-electron chi connectivity index (χ3n) is 3.38. The van der Waals surface area contributed by atoms with Crippen molar-refractivity contribution >= 4 is 27.7 Å². The molecule has 3 rings (SSSR count). The molecule has 1 aliphatic rings. The molecule has 1 aromatic carbocycles. The number of aromatic amines is 1. The van der Waals surface area contributed by atoms with Gasteiger partial charge in [-0.2, -0.15) is 0 Å². The zero-order valence-corrected chi connectivity index (χ0v) is 13.9. The van der Waals surface area contributed by atoms with Crippen molar-refractivity contribution in [3.05, 3.63) is 45.7 Å². The number of esters is 1. The maximum Gasteiger partial charge on any atom is 0.355 e. The zero-order chi connectivity index (χ0) is 16.4. The van der Waals surface area contributed by atoms with Crippen LogP contribution in [-0.2, 0) is 11.3 Å². The van der Waals surface area contributed by atoms with Gasteiger partial charge in [-0.25, -0.2) is 4.79 Å². The predicted molar refractivity (Wildman–Crippen MR) is 85.0 cm³/mol. The fourth-order valence-corrected chi connectivity index (χ4v) is 2.59. The molecule has 0 unspecified atom stereocenters. The van der Waals surface area contributed by atoms with Crippen LogP contribution < -0.4 is 9.47 Å². The Labute approximate surface area is 140 Å². The first-order valence-electron chi connectivity index (χ1n) is 6.99. The average Bonchev–Trinajstić information content (AvgIpc) is 3.03. The highest BCUT2D eigenvalue weighted by atomic mass is 79.9. The molecule has 1 aromatic heterocycles. The molecule has 2 heterocycles. The van der Waals surface area contributed by atoms with Gasteiger partial charge in [0.15, 0.2) is 17.3 Å². The summed E-state index contributed by atoms with van der Waals surface area (Å²) in [5.74, 6) is 0.645. The van der Waals surface area contributed by atoms with Crippen LogP contribution in [0.5, 0.6) is 11.5 Å². The Kier molecular flexibility index (Phi) is 4.38. The summed E-state index contributed by atoms with van der Waals surface area (Å²) in [4.78, 5) is 26.0. The fourth-order valence-electron chi connectivity index (χ4n) is 2.15. The lowest BCUT2D eigenvalue weighted by Gasteiger charge is -2.19. The lowest BCUT2D eigenvalue weighted by Crippen LogP contribution is -2.15. The molecule has 7 heteroatoms. The molecule has 6 nitrogen and oxygen atoms in total. The smallest absolute Gasteiger partial charge is 0.355 e. The second-order valence-corrected chi connectivity index (χ2v) is 5.88. The van der Waals surface area contributed by atoms with Crippen LogP contribution in [0.15, 0.2) is 28.9 Å². The minimum atomic E-state index is -0.528. The van der Waals surface area contributed by atoms with Crippen LogP contribution in [0.25, 0.3) is 0 Å². The second kappa shape index (κ2) is 6.45. The van der Waals surface area contributed by atoms with E-state index < -0.39 is 5.97 Å². The molecule has 0 aliphatic carbocycles. The third kappa shape index (κ3) is 3.39. The molecule has 0 fully saturated rings. The van der Waals surface area contributed by atoms with Crippen molar-refractivity contribution in [3.63, 3.8) is 0 Å². The van der Waals surface area contributed by atoms with Crippen LogP contribution in [0.1, 0.15) is 33.3 Å². The predicted octanol–water partition coefficient (Wildman–Crippen LogP) is 3.11. The molecule has 0 bridgehead atoms. The van der Waals surface area contributed by atoms with Crippen molar-refractivity contribution in [2.24, 2.45) is 0 Å². The van der Waals surface area contributed by atoms with E-state index in [9.17, 15) is 9.59 Å². The monoisotopic (exact) mass is 379 g/mol. The van der Waals surface area contributed by atoms with Crippen molar-refractivity contribution in [2.75, 3.05) is 13.2 Å². The molecular formula is C16H14BrNO5. The lowest BCUT2D eigenvalue weighted by molar-refractivity contribution is 0.0465. The van der Waals surface area contributed by atoms with Gasteiger partial charge in [0.2, 0.25) is 0 Å². The van der Waals surface area contributed by atoms with Gasteiger partial charge in [-0.1, -0.05) is 15.9 Å². The van der Waals surface area contributed by atoms with Crippen molar-refractivity contribution in [1.82, 2.24) is 4.98 Å². The summed E-state index contributed by atoms with van der Waals surface area (Å²) in [6, 6.07) is 5.05. The molecule has 0 atom stereocenters. The number of carbonyl (C=O) groups excluding carboxylic acids is 2. The number of hydrogen-bond donors (Lipinski definition) is 1. The largest absolute Gasteiger partial charge is 0.486 e. The van der Waals surface area contributed by atoms with Gasteiger partial charge in [-0.15, -0.1) is 0 Å². The number of benzene rings is 1. The first kappa shape index (κ1) is 15.6. The number of H-pyrrole nitrogens is 1.